The maximum atomic E-state index is 12.6. The van der Waals surface area contributed by atoms with Crippen LogP contribution in [0.4, 0.5) is 5.82 Å². The van der Waals surface area contributed by atoms with Crippen molar-refractivity contribution in [3.05, 3.63) is 65.9 Å². The highest BCUT2D eigenvalue weighted by atomic mass is 16.5. The number of methoxy groups -OCH3 is 1. The zero-order valence-electron chi connectivity index (χ0n) is 17.0. The van der Waals surface area contributed by atoms with Gasteiger partial charge >= 0.3 is 0 Å². The van der Waals surface area contributed by atoms with E-state index in [2.05, 4.69) is 15.7 Å². The molecule has 0 spiro atoms. The van der Waals surface area contributed by atoms with Crippen LogP contribution in [-0.2, 0) is 16.0 Å². The fraction of sp³-hybridized carbons (Fsp3) is 0.261. The fourth-order valence-corrected chi connectivity index (χ4v) is 3.75. The van der Waals surface area contributed by atoms with Crippen LogP contribution < -0.4 is 15.4 Å². The highest BCUT2D eigenvalue weighted by Gasteiger charge is 2.36. The van der Waals surface area contributed by atoms with Gasteiger partial charge < -0.3 is 15.4 Å². The van der Waals surface area contributed by atoms with Crippen LogP contribution >= 0.6 is 0 Å². The van der Waals surface area contributed by atoms with Crippen molar-refractivity contribution in [3.63, 3.8) is 0 Å². The molecule has 1 aliphatic rings. The number of aryl methyl sites for hydroxylation is 1. The molecule has 0 fully saturated rings. The Hall–Kier alpha value is -3.61. The molecule has 0 saturated carbocycles. The summed E-state index contributed by atoms with van der Waals surface area (Å²) >= 11 is 0. The smallest absolute Gasteiger partial charge is 0.251 e. The van der Waals surface area contributed by atoms with E-state index >= 15 is 0 Å². The summed E-state index contributed by atoms with van der Waals surface area (Å²) in [5, 5.41) is 10.4. The minimum Gasteiger partial charge on any atom is -0.497 e. The quantitative estimate of drug-likeness (QED) is 0.634. The molecular formula is C23H24N4O3. The predicted octanol–water partition coefficient (Wildman–Crippen LogP) is 3.11. The zero-order chi connectivity index (χ0) is 21.1. The van der Waals surface area contributed by atoms with Crippen LogP contribution in [0, 0.1) is 6.92 Å². The van der Waals surface area contributed by atoms with Gasteiger partial charge in [0, 0.05) is 12.1 Å². The molecular weight excluding hydrogens is 380 g/mol. The molecule has 0 saturated heterocycles. The van der Waals surface area contributed by atoms with E-state index in [1.165, 1.54) is 0 Å². The summed E-state index contributed by atoms with van der Waals surface area (Å²) < 4.78 is 6.94. The lowest BCUT2D eigenvalue weighted by molar-refractivity contribution is -0.126. The molecule has 0 aliphatic carbocycles. The van der Waals surface area contributed by atoms with Crippen molar-refractivity contribution < 1.29 is 14.3 Å². The van der Waals surface area contributed by atoms with E-state index in [9.17, 15) is 9.59 Å². The minimum atomic E-state index is -0.658. The molecule has 2 aromatic carbocycles. The average molecular weight is 404 g/mol. The Labute approximate surface area is 175 Å². The molecule has 2 N–H and O–H groups in total. The lowest BCUT2D eigenvalue weighted by Crippen LogP contribution is -2.30. The number of fused-ring (bicyclic) bond motifs is 1. The maximum absolute atomic E-state index is 12.6. The Bertz CT molecular complexity index is 1080. The van der Waals surface area contributed by atoms with Crippen molar-refractivity contribution in [2.75, 3.05) is 19.0 Å². The van der Waals surface area contributed by atoms with E-state index in [1.807, 2.05) is 61.5 Å². The summed E-state index contributed by atoms with van der Waals surface area (Å²) in [5.41, 5.74) is 3.69. The Morgan fingerprint density at radius 1 is 1.20 bits per heavy atom. The molecule has 154 valence electrons. The second-order valence-corrected chi connectivity index (χ2v) is 7.28. The molecule has 1 unspecified atom stereocenters. The molecule has 7 heteroatoms. The van der Waals surface area contributed by atoms with E-state index in [1.54, 1.807) is 11.8 Å². The number of carbonyl (C=O) groups excluding carboxylic acids is 2. The first kappa shape index (κ1) is 19.7. The van der Waals surface area contributed by atoms with Crippen LogP contribution in [0.25, 0.3) is 11.1 Å². The highest BCUT2D eigenvalue weighted by molar-refractivity contribution is 6.03. The van der Waals surface area contributed by atoms with Crippen molar-refractivity contribution in [2.45, 2.75) is 25.8 Å². The number of amides is 2. The molecule has 2 heterocycles. The number of nitrogens with zero attached hydrogens (tertiary/aromatic N) is 2. The Kier molecular flexibility index (Phi) is 5.52. The summed E-state index contributed by atoms with van der Waals surface area (Å²) in [6, 6.07) is 16.9. The Balaban J connectivity index is 1.47. The highest BCUT2D eigenvalue weighted by Crippen LogP contribution is 2.39. The second kappa shape index (κ2) is 8.41. The number of benzene rings is 2. The third kappa shape index (κ3) is 3.91. The van der Waals surface area contributed by atoms with E-state index < -0.39 is 6.04 Å². The van der Waals surface area contributed by atoms with Gasteiger partial charge in [-0.15, -0.1) is 0 Å². The number of nitrogens with one attached hydrogen (secondary N) is 2. The van der Waals surface area contributed by atoms with Gasteiger partial charge in [0.15, 0.2) is 0 Å². The van der Waals surface area contributed by atoms with E-state index in [0.29, 0.717) is 12.4 Å². The van der Waals surface area contributed by atoms with Crippen molar-refractivity contribution >= 4 is 17.6 Å². The van der Waals surface area contributed by atoms with E-state index in [4.69, 9.17) is 4.74 Å². The molecule has 0 radical (unpaired) electrons. The molecule has 30 heavy (non-hydrogen) atoms. The molecule has 4 rings (SSSR count). The number of carbonyl (C=O) groups is 2. The summed E-state index contributed by atoms with van der Waals surface area (Å²) in [4.78, 5) is 25.0. The molecule has 1 aliphatic heterocycles. The summed E-state index contributed by atoms with van der Waals surface area (Å²) in [7, 11) is 1.61. The number of ether oxygens (including phenoxy) is 1. The van der Waals surface area contributed by atoms with Gasteiger partial charge in [0.05, 0.1) is 19.2 Å². The monoisotopic (exact) mass is 404 g/mol. The van der Waals surface area contributed by atoms with Crippen LogP contribution in [0.1, 0.15) is 23.7 Å². The first-order valence-corrected chi connectivity index (χ1v) is 9.92. The van der Waals surface area contributed by atoms with Gasteiger partial charge in [0.2, 0.25) is 5.91 Å². The SMILES string of the molecule is COc1cccc(-c2c(C)nn3c2NC(=O)C3CC(=O)NCCc2ccccc2)c1. The van der Waals surface area contributed by atoms with Crippen LogP contribution in [-0.4, -0.2) is 35.2 Å². The summed E-state index contributed by atoms with van der Waals surface area (Å²) in [6.45, 7) is 2.42. The summed E-state index contributed by atoms with van der Waals surface area (Å²) in [5.74, 6) is 0.952. The lowest BCUT2D eigenvalue weighted by Gasteiger charge is -2.10. The van der Waals surface area contributed by atoms with Crippen LogP contribution in [0.2, 0.25) is 0 Å². The molecule has 2 amide bonds. The van der Waals surface area contributed by atoms with Crippen LogP contribution in [0.15, 0.2) is 54.6 Å². The van der Waals surface area contributed by atoms with Gasteiger partial charge in [-0.05, 0) is 36.6 Å². The molecule has 7 nitrogen and oxygen atoms in total. The second-order valence-electron chi connectivity index (χ2n) is 7.28. The first-order chi connectivity index (χ1) is 14.6. The molecule has 3 aromatic rings. The lowest BCUT2D eigenvalue weighted by atomic mass is 10.1. The Morgan fingerprint density at radius 3 is 2.77 bits per heavy atom. The van der Waals surface area contributed by atoms with Crippen molar-refractivity contribution in [1.29, 1.82) is 0 Å². The first-order valence-electron chi connectivity index (χ1n) is 9.92. The van der Waals surface area contributed by atoms with Crippen molar-refractivity contribution in [2.24, 2.45) is 0 Å². The number of aromatic nitrogens is 2. The maximum Gasteiger partial charge on any atom is 0.251 e. The Morgan fingerprint density at radius 2 is 2.00 bits per heavy atom. The molecule has 1 aromatic heterocycles. The number of rotatable bonds is 7. The van der Waals surface area contributed by atoms with Gasteiger partial charge in [-0.3, -0.25) is 9.59 Å². The van der Waals surface area contributed by atoms with Crippen LogP contribution in [0.3, 0.4) is 0 Å². The van der Waals surface area contributed by atoms with Gasteiger partial charge in [0.25, 0.3) is 5.91 Å². The van der Waals surface area contributed by atoms with Gasteiger partial charge in [-0.1, -0.05) is 42.5 Å². The zero-order valence-corrected chi connectivity index (χ0v) is 17.0. The van der Waals surface area contributed by atoms with Gasteiger partial charge in [0.1, 0.15) is 17.6 Å². The topological polar surface area (TPSA) is 85.2 Å². The van der Waals surface area contributed by atoms with Crippen molar-refractivity contribution in [3.8, 4) is 16.9 Å². The van der Waals surface area contributed by atoms with Gasteiger partial charge in [-0.25, -0.2) is 4.68 Å². The largest absolute Gasteiger partial charge is 0.497 e. The third-order valence-electron chi connectivity index (χ3n) is 5.24. The van der Waals surface area contributed by atoms with E-state index in [0.717, 1.165) is 34.6 Å². The minimum absolute atomic E-state index is 0.0479. The third-order valence-corrected chi connectivity index (χ3v) is 5.24. The fourth-order valence-electron chi connectivity index (χ4n) is 3.75. The summed E-state index contributed by atoms with van der Waals surface area (Å²) in [6.07, 6.45) is 0.794. The number of anilines is 1. The standard InChI is InChI=1S/C23H24N4O3/c1-15-21(17-9-6-10-18(13-17)30-2)22-25-23(29)19(27(22)26-15)14-20(28)24-12-11-16-7-4-3-5-8-16/h3-10,13,19H,11-12,14H2,1-2H3,(H,24,28)(H,25,29). The van der Waals surface area contributed by atoms with Crippen LogP contribution in [0.5, 0.6) is 5.75 Å². The number of hydrogen-bond donors (Lipinski definition) is 2. The molecule has 0 bridgehead atoms. The van der Waals surface area contributed by atoms with E-state index in [-0.39, 0.29) is 18.2 Å². The van der Waals surface area contributed by atoms with Crippen molar-refractivity contribution in [1.82, 2.24) is 15.1 Å². The predicted molar refractivity (Wildman–Crippen MR) is 114 cm³/mol. The normalized spacial score (nSPS) is 14.9. The average Bonchev–Trinajstić information content (AvgIpc) is 3.22. The number of hydrogen-bond acceptors (Lipinski definition) is 4. The molecule has 1 atom stereocenters. The van der Waals surface area contributed by atoms with Gasteiger partial charge in [-0.2, -0.15) is 5.10 Å².